The molecule has 29 heavy (non-hydrogen) atoms. The molecule has 10 heteroatoms. The number of nitrogens with zero attached hydrogens (tertiary/aromatic N) is 7. The second-order valence-corrected chi connectivity index (χ2v) is 7.28. The Morgan fingerprint density at radius 2 is 1.83 bits per heavy atom. The van der Waals surface area contributed by atoms with E-state index in [1.807, 2.05) is 36.1 Å². The van der Waals surface area contributed by atoms with E-state index in [4.69, 9.17) is 4.52 Å². The Bertz CT molecular complexity index is 1020. The van der Waals surface area contributed by atoms with Crippen LogP contribution in [0.3, 0.4) is 0 Å². The van der Waals surface area contributed by atoms with Crippen LogP contribution in [0.25, 0.3) is 11.4 Å². The molecule has 0 spiro atoms. The summed E-state index contributed by atoms with van der Waals surface area (Å²) in [6.45, 7) is 7.07. The van der Waals surface area contributed by atoms with E-state index in [2.05, 4.69) is 20.1 Å². The lowest BCUT2D eigenvalue weighted by molar-refractivity contribution is -0.384. The number of hydrogen-bond acceptors (Lipinski definition) is 8. The first-order valence-electron chi connectivity index (χ1n) is 9.47. The minimum Gasteiger partial charge on any atom is -0.349 e. The van der Waals surface area contributed by atoms with Crippen LogP contribution in [0.4, 0.5) is 11.5 Å². The molecule has 0 radical (unpaired) electrons. The fourth-order valence-corrected chi connectivity index (χ4v) is 3.65. The highest BCUT2D eigenvalue weighted by Crippen LogP contribution is 2.31. The Morgan fingerprint density at radius 3 is 2.48 bits per heavy atom. The molecule has 0 aliphatic carbocycles. The minimum absolute atomic E-state index is 0.0839. The van der Waals surface area contributed by atoms with Crippen molar-refractivity contribution in [2.75, 3.05) is 31.1 Å². The molecule has 1 aliphatic rings. The van der Waals surface area contributed by atoms with Crippen molar-refractivity contribution in [2.45, 2.75) is 20.4 Å². The van der Waals surface area contributed by atoms with Gasteiger partial charge in [0.2, 0.25) is 17.5 Å². The van der Waals surface area contributed by atoms with Gasteiger partial charge in [-0.1, -0.05) is 35.0 Å². The van der Waals surface area contributed by atoms with Gasteiger partial charge in [0.25, 0.3) is 0 Å². The number of piperazine rings is 1. The smallest absolute Gasteiger partial charge is 0.333 e. The molecule has 10 nitrogen and oxygen atoms in total. The van der Waals surface area contributed by atoms with Gasteiger partial charge in [-0.2, -0.15) is 10.1 Å². The lowest BCUT2D eigenvalue weighted by atomic mass is 10.1. The van der Waals surface area contributed by atoms with Crippen molar-refractivity contribution in [2.24, 2.45) is 7.05 Å². The molecule has 1 aromatic carbocycles. The number of aryl methyl sites for hydroxylation is 3. The Kier molecular flexibility index (Phi) is 5.01. The van der Waals surface area contributed by atoms with E-state index in [1.54, 1.807) is 18.7 Å². The van der Waals surface area contributed by atoms with Crippen LogP contribution in [0.2, 0.25) is 0 Å². The first kappa shape index (κ1) is 19.1. The van der Waals surface area contributed by atoms with Crippen LogP contribution in [0.1, 0.15) is 17.1 Å². The molecule has 4 rings (SSSR count). The summed E-state index contributed by atoms with van der Waals surface area (Å²) in [6, 6.07) is 7.99. The summed E-state index contributed by atoms with van der Waals surface area (Å²) in [5, 5.41) is 19.7. The zero-order valence-electron chi connectivity index (χ0n) is 16.7. The normalized spacial score (nSPS) is 15.1. The van der Waals surface area contributed by atoms with Gasteiger partial charge >= 0.3 is 5.69 Å². The van der Waals surface area contributed by atoms with Gasteiger partial charge in [0.05, 0.1) is 11.5 Å². The Labute approximate surface area is 167 Å². The van der Waals surface area contributed by atoms with Crippen molar-refractivity contribution in [3.05, 3.63) is 51.5 Å². The molecular formula is C19H23N7O3. The van der Waals surface area contributed by atoms with Gasteiger partial charge in [0.15, 0.2) is 0 Å². The molecule has 1 saturated heterocycles. The van der Waals surface area contributed by atoms with E-state index in [-0.39, 0.29) is 10.6 Å². The summed E-state index contributed by atoms with van der Waals surface area (Å²) in [5.74, 6) is 1.71. The van der Waals surface area contributed by atoms with Gasteiger partial charge in [-0.25, -0.2) is 4.68 Å². The number of anilines is 1. The lowest BCUT2D eigenvalue weighted by Crippen LogP contribution is -2.46. The standard InChI is InChI=1S/C19H23N7O3/c1-13-4-6-15(7-5-13)18-20-16(29-22-18)12-24-8-10-25(11-9-24)19-17(26(27)28)14(2)21-23(19)3/h4-7H,8-12H2,1-3H3. The van der Waals surface area contributed by atoms with Crippen LogP contribution >= 0.6 is 0 Å². The van der Waals surface area contributed by atoms with Crippen LogP contribution in [0, 0.1) is 24.0 Å². The van der Waals surface area contributed by atoms with Gasteiger partial charge in [-0.05, 0) is 13.8 Å². The summed E-state index contributed by atoms with van der Waals surface area (Å²) >= 11 is 0. The van der Waals surface area contributed by atoms with E-state index in [0.29, 0.717) is 42.9 Å². The van der Waals surface area contributed by atoms with Gasteiger partial charge in [0, 0.05) is 38.8 Å². The van der Waals surface area contributed by atoms with Crippen molar-refractivity contribution >= 4 is 11.5 Å². The number of aromatic nitrogens is 4. The molecule has 0 N–H and O–H groups in total. The highest BCUT2D eigenvalue weighted by molar-refractivity contribution is 5.61. The number of rotatable bonds is 5. The Hall–Kier alpha value is -3.27. The molecule has 0 amide bonds. The molecule has 1 aliphatic heterocycles. The average Bonchev–Trinajstić information content (AvgIpc) is 3.27. The quantitative estimate of drug-likeness (QED) is 0.477. The Balaban J connectivity index is 1.40. The highest BCUT2D eigenvalue weighted by Gasteiger charge is 2.30. The predicted octanol–water partition coefficient (Wildman–Crippen LogP) is 2.32. The summed E-state index contributed by atoms with van der Waals surface area (Å²) in [4.78, 5) is 19.8. The third kappa shape index (κ3) is 3.83. The van der Waals surface area contributed by atoms with Crippen LogP contribution < -0.4 is 4.90 Å². The van der Waals surface area contributed by atoms with Crippen molar-refractivity contribution in [3.63, 3.8) is 0 Å². The van der Waals surface area contributed by atoms with Gasteiger partial charge in [-0.3, -0.25) is 15.0 Å². The molecule has 0 bridgehead atoms. The zero-order chi connectivity index (χ0) is 20.5. The SMILES string of the molecule is Cc1ccc(-c2noc(CN3CCN(c4c([N+](=O)[O-])c(C)nn4C)CC3)n2)cc1. The van der Waals surface area contributed by atoms with Crippen LogP contribution in [-0.2, 0) is 13.6 Å². The van der Waals surface area contributed by atoms with E-state index >= 15 is 0 Å². The van der Waals surface area contributed by atoms with Gasteiger partial charge in [0.1, 0.15) is 5.69 Å². The molecule has 2 aromatic heterocycles. The third-order valence-electron chi connectivity index (χ3n) is 5.15. The summed E-state index contributed by atoms with van der Waals surface area (Å²) in [6.07, 6.45) is 0. The number of benzene rings is 1. The van der Waals surface area contributed by atoms with E-state index in [9.17, 15) is 10.1 Å². The first-order valence-corrected chi connectivity index (χ1v) is 9.47. The molecule has 0 atom stereocenters. The molecule has 0 saturated carbocycles. The monoisotopic (exact) mass is 397 g/mol. The second kappa shape index (κ2) is 7.63. The molecule has 152 valence electrons. The summed E-state index contributed by atoms with van der Waals surface area (Å²) < 4.78 is 7.01. The molecule has 3 aromatic rings. The first-order chi connectivity index (χ1) is 13.9. The van der Waals surface area contributed by atoms with Crippen LogP contribution in [0.15, 0.2) is 28.8 Å². The molecular weight excluding hydrogens is 374 g/mol. The van der Waals surface area contributed by atoms with E-state index < -0.39 is 0 Å². The van der Waals surface area contributed by atoms with Crippen molar-refractivity contribution in [1.29, 1.82) is 0 Å². The maximum atomic E-state index is 11.4. The van der Waals surface area contributed by atoms with Crippen molar-refractivity contribution in [1.82, 2.24) is 24.8 Å². The Morgan fingerprint density at radius 1 is 1.14 bits per heavy atom. The average molecular weight is 397 g/mol. The topological polar surface area (TPSA) is 106 Å². The second-order valence-electron chi connectivity index (χ2n) is 7.28. The van der Waals surface area contributed by atoms with Crippen LogP contribution in [-0.4, -0.2) is 55.9 Å². The number of nitro groups is 1. The fourth-order valence-electron chi connectivity index (χ4n) is 3.65. The highest BCUT2D eigenvalue weighted by atomic mass is 16.6. The maximum Gasteiger partial charge on any atom is 0.333 e. The predicted molar refractivity (Wildman–Crippen MR) is 107 cm³/mol. The van der Waals surface area contributed by atoms with E-state index in [1.165, 1.54) is 5.56 Å². The van der Waals surface area contributed by atoms with Gasteiger partial charge in [-0.15, -0.1) is 0 Å². The lowest BCUT2D eigenvalue weighted by Gasteiger charge is -2.34. The zero-order valence-corrected chi connectivity index (χ0v) is 16.7. The fraction of sp³-hybridized carbons (Fsp3) is 0.421. The third-order valence-corrected chi connectivity index (χ3v) is 5.15. The van der Waals surface area contributed by atoms with Gasteiger partial charge < -0.3 is 9.42 Å². The number of hydrogen-bond donors (Lipinski definition) is 0. The summed E-state index contributed by atoms with van der Waals surface area (Å²) in [7, 11) is 1.74. The van der Waals surface area contributed by atoms with Crippen molar-refractivity contribution < 1.29 is 9.45 Å². The molecule has 0 unspecified atom stereocenters. The minimum atomic E-state index is -0.352. The largest absolute Gasteiger partial charge is 0.349 e. The van der Waals surface area contributed by atoms with Crippen molar-refractivity contribution in [3.8, 4) is 11.4 Å². The van der Waals surface area contributed by atoms with Crippen LogP contribution in [0.5, 0.6) is 0 Å². The maximum absolute atomic E-state index is 11.4. The molecule has 3 heterocycles. The molecule has 1 fully saturated rings. The summed E-state index contributed by atoms with van der Waals surface area (Å²) in [5.41, 5.74) is 2.62. The van der Waals surface area contributed by atoms with E-state index in [0.717, 1.165) is 18.7 Å².